The van der Waals surface area contributed by atoms with E-state index in [0.717, 1.165) is 25.0 Å². The number of carbonyl (C=O) groups excluding carboxylic acids is 1. The maximum absolute atomic E-state index is 13.2. The summed E-state index contributed by atoms with van der Waals surface area (Å²) < 4.78 is 7.10. The van der Waals surface area contributed by atoms with E-state index in [9.17, 15) is 9.59 Å². The molecule has 0 saturated carbocycles. The number of amides is 1. The number of aromatic amines is 1. The molecule has 1 N–H and O–H groups in total. The van der Waals surface area contributed by atoms with Crippen molar-refractivity contribution >= 4 is 5.91 Å². The Morgan fingerprint density at radius 1 is 1.21 bits per heavy atom. The van der Waals surface area contributed by atoms with E-state index in [2.05, 4.69) is 10.1 Å². The predicted molar refractivity (Wildman–Crippen MR) is 104 cm³/mol. The summed E-state index contributed by atoms with van der Waals surface area (Å²) in [6.45, 7) is 1.64. The molecule has 1 saturated heterocycles. The van der Waals surface area contributed by atoms with Crippen LogP contribution in [0.3, 0.4) is 0 Å². The summed E-state index contributed by atoms with van der Waals surface area (Å²) in [5.74, 6) is -0.223. The summed E-state index contributed by atoms with van der Waals surface area (Å²) in [5.41, 5.74) is 1.66. The van der Waals surface area contributed by atoms with Crippen molar-refractivity contribution in [1.82, 2.24) is 19.7 Å². The molecule has 2 aromatic heterocycles. The standard InChI is InChI=1S/C21H22N4O3/c26-20-13-19(23-25(20)17-5-2-1-3-6-17)21(27)24(15-18-7-4-12-28-18)14-16-8-10-22-11-9-16/h1-3,5-6,8-11,13,18,23H,4,7,12,14-15H2/t18-/m0/s1. The van der Waals surface area contributed by atoms with Gasteiger partial charge < -0.3 is 9.64 Å². The molecule has 0 bridgehead atoms. The average Bonchev–Trinajstić information content (AvgIpc) is 3.38. The van der Waals surface area contributed by atoms with Gasteiger partial charge in [-0.3, -0.25) is 19.7 Å². The van der Waals surface area contributed by atoms with Gasteiger partial charge in [0, 0.05) is 38.2 Å². The number of hydrogen-bond acceptors (Lipinski definition) is 4. The highest BCUT2D eigenvalue weighted by molar-refractivity contribution is 5.92. The number of para-hydroxylation sites is 1. The smallest absolute Gasteiger partial charge is 0.272 e. The van der Waals surface area contributed by atoms with Crippen molar-refractivity contribution in [3.05, 3.63) is 82.5 Å². The zero-order valence-corrected chi connectivity index (χ0v) is 15.5. The van der Waals surface area contributed by atoms with E-state index in [4.69, 9.17) is 4.74 Å². The number of nitrogens with one attached hydrogen (secondary N) is 1. The minimum Gasteiger partial charge on any atom is -0.376 e. The van der Waals surface area contributed by atoms with Gasteiger partial charge in [0.1, 0.15) is 5.69 Å². The third-order valence-corrected chi connectivity index (χ3v) is 4.82. The first kappa shape index (κ1) is 18.2. The van der Waals surface area contributed by atoms with Crippen LogP contribution in [0.2, 0.25) is 0 Å². The zero-order valence-electron chi connectivity index (χ0n) is 15.5. The first-order valence-electron chi connectivity index (χ1n) is 9.38. The van der Waals surface area contributed by atoms with Crippen LogP contribution in [0.25, 0.3) is 5.69 Å². The first-order valence-corrected chi connectivity index (χ1v) is 9.38. The molecular formula is C21H22N4O3. The van der Waals surface area contributed by atoms with Gasteiger partial charge in [0.2, 0.25) is 0 Å². The number of nitrogens with zero attached hydrogens (tertiary/aromatic N) is 3. The number of rotatable bonds is 6. The number of aromatic nitrogens is 3. The third kappa shape index (κ3) is 4.04. The molecule has 3 aromatic rings. The number of ether oxygens (including phenoxy) is 1. The Balaban J connectivity index is 1.60. The van der Waals surface area contributed by atoms with Gasteiger partial charge in [-0.1, -0.05) is 18.2 Å². The first-order chi connectivity index (χ1) is 13.7. The molecule has 7 heteroatoms. The molecule has 1 amide bonds. The van der Waals surface area contributed by atoms with E-state index < -0.39 is 0 Å². The fourth-order valence-electron chi connectivity index (χ4n) is 3.41. The van der Waals surface area contributed by atoms with Gasteiger partial charge in [0.15, 0.2) is 0 Å². The highest BCUT2D eigenvalue weighted by atomic mass is 16.5. The van der Waals surface area contributed by atoms with Crippen molar-refractivity contribution in [2.75, 3.05) is 13.2 Å². The molecule has 7 nitrogen and oxygen atoms in total. The molecule has 1 aliphatic heterocycles. The summed E-state index contributed by atoms with van der Waals surface area (Å²) in [6.07, 6.45) is 5.37. The zero-order chi connectivity index (χ0) is 19.3. The van der Waals surface area contributed by atoms with E-state index in [1.165, 1.54) is 10.7 Å². The maximum atomic E-state index is 13.2. The number of benzene rings is 1. The van der Waals surface area contributed by atoms with E-state index in [1.54, 1.807) is 17.3 Å². The normalized spacial score (nSPS) is 16.2. The molecule has 144 valence electrons. The fourth-order valence-corrected chi connectivity index (χ4v) is 3.41. The molecule has 0 unspecified atom stereocenters. The molecule has 28 heavy (non-hydrogen) atoms. The van der Waals surface area contributed by atoms with Crippen LogP contribution in [0.15, 0.2) is 65.7 Å². The van der Waals surface area contributed by atoms with Crippen molar-refractivity contribution < 1.29 is 9.53 Å². The van der Waals surface area contributed by atoms with Crippen molar-refractivity contribution in [2.24, 2.45) is 0 Å². The number of H-pyrrole nitrogens is 1. The minimum atomic E-state index is -0.268. The van der Waals surface area contributed by atoms with E-state index >= 15 is 0 Å². The molecular weight excluding hydrogens is 356 g/mol. The summed E-state index contributed by atoms with van der Waals surface area (Å²) in [5, 5.41) is 2.95. The van der Waals surface area contributed by atoms with Gasteiger partial charge in [0.25, 0.3) is 11.5 Å². The maximum Gasteiger partial charge on any atom is 0.272 e. The van der Waals surface area contributed by atoms with Crippen molar-refractivity contribution in [3.63, 3.8) is 0 Å². The van der Waals surface area contributed by atoms with Crippen molar-refractivity contribution in [2.45, 2.75) is 25.5 Å². The van der Waals surface area contributed by atoms with Crippen molar-refractivity contribution in [3.8, 4) is 5.69 Å². The third-order valence-electron chi connectivity index (χ3n) is 4.82. The second kappa shape index (κ2) is 8.22. The Bertz CT molecular complexity index is 976. The second-order valence-corrected chi connectivity index (χ2v) is 6.86. The minimum absolute atomic E-state index is 0.0220. The summed E-state index contributed by atoms with van der Waals surface area (Å²) in [6, 6.07) is 14.3. The van der Waals surface area contributed by atoms with Crippen LogP contribution in [-0.4, -0.2) is 44.8 Å². The Morgan fingerprint density at radius 2 is 2.00 bits per heavy atom. The average molecular weight is 378 g/mol. The Labute approximate surface area is 162 Å². The summed E-state index contributed by atoms with van der Waals surface area (Å²) in [7, 11) is 0. The Morgan fingerprint density at radius 3 is 2.71 bits per heavy atom. The molecule has 1 aliphatic rings. The van der Waals surface area contributed by atoms with Gasteiger partial charge >= 0.3 is 0 Å². The molecule has 0 aliphatic carbocycles. The lowest BCUT2D eigenvalue weighted by Crippen LogP contribution is -2.37. The van der Waals surface area contributed by atoms with Gasteiger partial charge in [-0.25, -0.2) is 4.68 Å². The van der Waals surface area contributed by atoms with Crippen LogP contribution in [0, 0.1) is 0 Å². The highest BCUT2D eigenvalue weighted by Gasteiger charge is 2.25. The van der Waals surface area contributed by atoms with Gasteiger partial charge in [0.05, 0.1) is 11.8 Å². The van der Waals surface area contributed by atoms with Gasteiger partial charge in [-0.15, -0.1) is 0 Å². The fraction of sp³-hybridized carbons (Fsp3) is 0.286. The van der Waals surface area contributed by atoms with E-state index in [-0.39, 0.29) is 23.3 Å². The Kier molecular flexibility index (Phi) is 5.34. The van der Waals surface area contributed by atoms with Crippen LogP contribution in [0.1, 0.15) is 28.9 Å². The second-order valence-electron chi connectivity index (χ2n) is 6.86. The van der Waals surface area contributed by atoms with Crippen LogP contribution < -0.4 is 5.56 Å². The predicted octanol–water partition coefficient (Wildman–Crippen LogP) is 2.38. The van der Waals surface area contributed by atoms with E-state index in [1.807, 2.05) is 42.5 Å². The lowest BCUT2D eigenvalue weighted by atomic mass is 10.2. The molecule has 3 heterocycles. The summed E-state index contributed by atoms with van der Waals surface area (Å²) >= 11 is 0. The Hall–Kier alpha value is -3.19. The van der Waals surface area contributed by atoms with Gasteiger partial charge in [-0.2, -0.15) is 0 Å². The number of carbonyl (C=O) groups is 1. The number of pyridine rings is 1. The number of hydrogen-bond donors (Lipinski definition) is 1. The molecule has 4 rings (SSSR count). The lowest BCUT2D eigenvalue weighted by Gasteiger charge is -2.25. The SMILES string of the molecule is O=C(c1cc(=O)n(-c2ccccc2)[nH]1)N(Cc1ccncc1)C[C@@H]1CCCO1. The lowest BCUT2D eigenvalue weighted by molar-refractivity contribution is 0.0502. The van der Waals surface area contributed by atoms with Crippen LogP contribution >= 0.6 is 0 Å². The largest absolute Gasteiger partial charge is 0.376 e. The monoisotopic (exact) mass is 378 g/mol. The molecule has 1 aromatic carbocycles. The molecule has 0 radical (unpaired) electrons. The molecule has 1 atom stereocenters. The van der Waals surface area contributed by atoms with Crippen LogP contribution in [0.4, 0.5) is 0 Å². The molecule has 1 fully saturated rings. The van der Waals surface area contributed by atoms with E-state index in [0.29, 0.717) is 18.8 Å². The highest BCUT2D eigenvalue weighted by Crippen LogP contribution is 2.17. The molecule has 0 spiro atoms. The van der Waals surface area contributed by atoms with Crippen LogP contribution in [0.5, 0.6) is 0 Å². The van der Waals surface area contributed by atoms with Crippen molar-refractivity contribution in [1.29, 1.82) is 0 Å². The topological polar surface area (TPSA) is 80.2 Å². The van der Waals surface area contributed by atoms with Gasteiger partial charge in [-0.05, 0) is 42.7 Å². The van der Waals surface area contributed by atoms with Crippen LogP contribution in [-0.2, 0) is 11.3 Å². The quantitative estimate of drug-likeness (QED) is 0.714. The summed E-state index contributed by atoms with van der Waals surface area (Å²) in [4.78, 5) is 31.4.